The lowest BCUT2D eigenvalue weighted by molar-refractivity contribution is 0.0963. The number of amides is 1. The Bertz CT molecular complexity index is 624. The van der Waals surface area contributed by atoms with Gasteiger partial charge in [0, 0.05) is 31.0 Å². The van der Waals surface area contributed by atoms with E-state index in [1.54, 1.807) is 19.3 Å². The van der Waals surface area contributed by atoms with Crippen LogP contribution in [0.3, 0.4) is 0 Å². The topological polar surface area (TPSA) is 45.2 Å². The molecule has 0 saturated heterocycles. The average molecular weight is 253 g/mol. The van der Waals surface area contributed by atoms with E-state index in [2.05, 4.69) is 33.4 Å². The molecule has 1 N–H and O–H groups in total. The lowest BCUT2D eigenvalue weighted by atomic mass is 10.2. The molecule has 0 aliphatic carbocycles. The summed E-state index contributed by atoms with van der Waals surface area (Å²) >= 11 is 0. The Morgan fingerprint density at radius 3 is 3.00 bits per heavy atom. The third kappa shape index (κ3) is 2.05. The van der Waals surface area contributed by atoms with E-state index in [1.165, 1.54) is 11.3 Å². The van der Waals surface area contributed by atoms with Crippen LogP contribution in [0, 0.1) is 0 Å². The van der Waals surface area contributed by atoms with Gasteiger partial charge in [0.25, 0.3) is 5.91 Å². The number of fused-ring (bicyclic) bond motifs is 1. The van der Waals surface area contributed by atoms with Gasteiger partial charge in [-0.3, -0.25) is 4.79 Å². The van der Waals surface area contributed by atoms with Crippen molar-refractivity contribution < 1.29 is 4.79 Å². The predicted octanol–water partition coefficient (Wildman–Crippen LogP) is 2.14. The standard InChI is InChI=1S/C15H15N3O/c1-16-15(19)12-6-8-17-14(10-12)18-9-7-11-4-2-3-5-13(11)18/h2-6,8,10H,7,9H2,1H3,(H,16,19). The summed E-state index contributed by atoms with van der Waals surface area (Å²) in [6.45, 7) is 0.906. The van der Waals surface area contributed by atoms with Crippen LogP contribution in [0.4, 0.5) is 11.5 Å². The fourth-order valence-corrected chi connectivity index (χ4v) is 2.43. The number of carbonyl (C=O) groups excluding carboxylic acids is 1. The van der Waals surface area contributed by atoms with Crippen molar-refractivity contribution in [1.82, 2.24) is 10.3 Å². The van der Waals surface area contributed by atoms with E-state index in [-0.39, 0.29) is 5.91 Å². The molecule has 3 rings (SSSR count). The van der Waals surface area contributed by atoms with E-state index in [9.17, 15) is 4.79 Å². The summed E-state index contributed by atoms with van der Waals surface area (Å²) in [6.07, 6.45) is 2.70. The number of hydrogen-bond donors (Lipinski definition) is 1. The summed E-state index contributed by atoms with van der Waals surface area (Å²) in [4.78, 5) is 18.2. The highest BCUT2D eigenvalue weighted by atomic mass is 16.1. The number of nitrogens with one attached hydrogen (secondary N) is 1. The first kappa shape index (κ1) is 11.7. The maximum Gasteiger partial charge on any atom is 0.251 e. The molecule has 0 saturated carbocycles. The SMILES string of the molecule is CNC(=O)c1ccnc(N2CCc3ccccc32)c1. The van der Waals surface area contributed by atoms with Gasteiger partial charge in [0.15, 0.2) is 0 Å². The lowest BCUT2D eigenvalue weighted by Crippen LogP contribution is -2.20. The molecule has 96 valence electrons. The molecule has 0 atom stereocenters. The molecule has 0 unspecified atom stereocenters. The minimum Gasteiger partial charge on any atom is -0.355 e. The van der Waals surface area contributed by atoms with Gasteiger partial charge < -0.3 is 10.2 Å². The van der Waals surface area contributed by atoms with Crippen molar-refractivity contribution in [2.45, 2.75) is 6.42 Å². The van der Waals surface area contributed by atoms with Crippen molar-refractivity contribution in [3.8, 4) is 0 Å². The number of para-hydroxylation sites is 1. The first-order chi connectivity index (χ1) is 9.29. The van der Waals surface area contributed by atoms with E-state index in [0.29, 0.717) is 5.56 Å². The molecule has 1 aromatic heterocycles. The summed E-state index contributed by atoms with van der Waals surface area (Å²) in [5.74, 6) is 0.738. The fraction of sp³-hybridized carbons (Fsp3) is 0.200. The van der Waals surface area contributed by atoms with Crippen LogP contribution in [0.2, 0.25) is 0 Å². The number of rotatable bonds is 2. The molecule has 2 aromatic rings. The van der Waals surface area contributed by atoms with Crippen molar-refractivity contribution in [3.05, 3.63) is 53.7 Å². The van der Waals surface area contributed by atoms with Crippen molar-refractivity contribution in [2.75, 3.05) is 18.5 Å². The highest BCUT2D eigenvalue weighted by Gasteiger charge is 2.21. The molecule has 4 heteroatoms. The highest BCUT2D eigenvalue weighted by Crippen LogP contribution is 2.33. The van der Waals surface area contributed by atoms with Crippen LogP contribution in [0.15, 0.2) is 42.6 Å². The van der Waals surface area contributed by atoms with E-state index in [0.717, 1.165) is 18.8 Å². The van der Waals surface area contributed by atoms with Gasteiger partial charge >= 0.3 is 0 Å². The van der Waals surface area contributed by atoms with Crippen LogP contribution >= 0.6 is 0 Å². The Labute approximate surface area is 112 Å². The molecule has 19 heavy (non-hydrogen) atoms. The number of carbonyl (C=O) groups is 1. The van der Waals surface area contributed by atoms with Gasteiger partial charge in [-0.1, -0.05) is 18.2 Å². The average Bonchev–Trinajstić information content (AvgIpc) is 2.90. The van der Waals surface area contributed by atoms with Crippen molar-refractivity contribution in [3.63, 3.8) is 0 Å². The van der Waals surface area contributed by atoms with Gasteiger partial charge in [-0.05, 0) is 30.2 Å². The minimum atomic E-state index is -0.0869. The molecule has 1 aromatic carbocycles. The maximum absolute atomic E-state index is 11.7. The molecule has 0 fully saturated rings. The van der Waals surface area contributed by atoms with Gasteiger partial charge in [0.1, 0.15) is 5.82 Å². The second-order valence-electron chi connectivity index (χ2n) is 4.51. The predicted molar refractivity (Wildman–Crippen MR) is 74.8 cm³/mol. The van der Waals surface area contributed by atoms with Gasteiger partial charge in [0.2, 0.25) is 0 Å². The zero-order chi connectivity index (χ0) is 13.2. The molecular weight excluding hydrogens is 238 g/mol. The number of pyridine rings is 1. The third-order valence-corrected chi connectivity index (χ3v) is 3.40. The molecule has 4 nitrogen and oxygen atoms in total. The van der Waals surface area contributed by atoms with Crippen LogP contribution in [-0.2, 0) is 6.42 Å². The Kier molecular flexibility index (Phi) is 2.91. The van der Waals surface area contributed by atoms with Crippen molar-refractivity contribution in [1.29, 1.82) is 0 Å². The Morgan fingerprint density at radius 1 is 1.32 bits per heavy atom. The van der Waals surface area contributed by atoms with Crippen LogP contribution in [0.5, 0.6) is 0 Å². The molecule has 2 heterocycles. The monoisotopic (exact) mass is 253 g/mol. The summed E-state index contributed by atoms with van der Waals surface area (Å²) in [5, 5.41) is 2.63. The number of hydrogen-bond acceptors (Lipinski definition) is 3. The number of nitrogens with zero attached hydrogens (tertiary/aromatic N) is 2. The maximum atomic E-state index is 11.7. The van der Waals surface area contributed by atoms with Crippen molar-refractivity contribution >= 4 is 17.4 Å². The second kappa shape index (κ2) is 4.72. The lowest BCUT2D eigenvalue weighted by Gasteiger charge is -2.18. The molecule has 0 spiro atoms. The van der Waals surface area contributed by atoms with Crippen LogP contribution in [0.25, 0.3) is 0 Å². The zero-order valence-corrected chi connectivity index (χ0v) is 10.8. The highest BCUT2D eigenvalue weighted by molar-refractivity contribution is 5.94. The van der Waals surface area contributed by atoms with Crippen LogP contribution < -0.4 is 10.2 Å². The van der Waals surface area contributed by atoms with E-state index in [4.69, 9.17) is 0 Å². The minimum absolute atomic E-state index is 0.0869. The second-order valence-corrected chi connectivity index (χ2v) is 4.51. The van der Waals surface area contributed by atoms with Gasteiger partial charge in [-0.15, -0.1) is 0 Å². The largest absolute Gasteiger partial charge is 0.355 e. The summed E-state index contributed by atoms with van der Waals surface area (Å²) in [5.41, 5.74) is 3.15. The Morgan fingerprint density at radius 2 is 2.16 bits per heavy atom. The fourth-order valence-electron chi connectivity index (χ4n) is 2.43. The summed E-state index contributed by atoms with van der Waals surface area (Å²) in [6, 6.07) is 11.9. The first-order valence-electron chi connectivity index (χ1n) is 6.33. The molecule has 0 bridgehead atoms. The Balaban J connectivity index is 1.98. The van der Waals surface area contributed by atoms with Gasteiger partial charge in [0.05, 0.1) is 0 Å². The normalized spacial score (nSPS) is 13.2. The number of anilines is 2. The van der Waals surface area contributed by atoms with E-state index >= 15 is 0 Å². The quantitative estimate of drug-likeness (QED) is 0.891. The molecule has 1 aliphatic rings. The van der Waals surface area contributed by atoms with E-state index in [1.807, 2.05) is 12.1 Å². The molecule has 0 radical (unpaired) electrons. The van der Waals surface area contributed by atoms with Crippen LogP contribution in [0.1, 0.15) is 15.9 Å². The number of benzene rings is 1. The van der Waals surface area contributed by atoms with Crippen LogP contribution in [-0.4, -0.2) is 24.5 Å². The van der Waals surface area contributed by atoms with Gasteiger partial charge in [-0.2, -0.15) is 0 Å². The molecule has 1 aliphatic heterocycles. The van der Waals surface area contributed by atoms with E-state index < -0.39 is 0 Å². The third-order valence-electron chi connectivity index (χ3n) is 3.40. The van der Waals surface area contributed by atoms with Crippen molar-refractivity contribution in [2.24, 2.45) is 0 Å². The summed E-state index contributed by atoms with van der Waals surface area (Å²) in [7, 11) is 1.63. The first-order valence-corrected chi connectivity index (χ1v) is 6.33. The number of aromatic nitrogens is 1. The van der Waals surface area contributed by atoms with Gasteiger partial charge in [-0.25, -0.2) is 4.98 Å². The summed E-state index contributed by atoms with van der Waals surface area (Å²) < 4.78 is 0. The smallest absolute Gasteiger partial charge is 0.251 e. The zero-order valence-electron chi connectivity index (χ0n) is 10.8. The Hall–Kier alpha value is -2.36. The molecular formula is C15H15N3O. The molecule has 1 amide bonds.